The van der Waals surface area contributed by atoms with Gasteiger partial charge in [-0.05, 0) is 35.9 Å². The summed E-state index contributed by atoms with van der Waals surface area (Å²) in [5.41, 5.74) is 4.26. The van der Waals surface area contributed by atoms with Gasteiger partial charge in [0, 0.05) is 11.1 Å². The first-order chi connectivity index (χ1) is 9.86. The summed E-state index contributed by atoms with van der Waals surface area (Å²) in [6.07, 6.45) is 1.49. The van der Waals surface area contributed by atoms with E-state index in [2.05, 4.69) is 20.7 Å². The van der Waals surface area contributed by atoms with Crippen molar-refractivity contribution in [1.82, 2.24) is 15.6 Å². The maximum Gasteiger partial charge on any atom is 0.291 e. The highest BCUT2D eigenvalue weighted by atomic mass is 16.3. The molecule has 0 bridgehead atoms. The van der Waals surface area contributed by atoms with E-state index >= 15 is 0 Å². The number of nitrogens with one attached hydrogen (secondary N) is 2. The minimum absolute atomic E-state index is 0.0964. The third kappa shape index (κ3) is 3.92. The van der Waals surface area contributed by atoms with E-state index in [9.17, 15) is 4.79 Å². The number of benzene rings is 1. The largest absolute Gasteiger partial charge is 0.508 e. The Labute approximate surface area is 122 Å². The van der Waals surface area contributed by atoms with Crippen molar-refractivity contribution >= 4 is 12.1 Å². The number of rotatable bonds is 3. The van der Waals surface area contributed by atoms with Gasteiger partial charge in [0.25, 0.3) is 5.91 Å². The number of phenols is 1. The summed E-state index contributed by atoms with van der Waals surface area (Å²) in [7, 11) is 0. The number of H-pyrrole nitrogens is 1. The number of nitrogens with zero attached hydrogens (tertiary/aromatic N) is 2. The normalized spacial score (nSPS) is 11.8. The third-order valence-corrected chi connectivity index (χ3v) is 2.89. The number of hydrogen-bond acceptors (Lipinski definition) is 4. The minimum Gasteiger partial charge on any atom is -0.508 e. The van der Waals surface area contributed by atoms with Crippen LogP contribution < -0.4 is 5.43 Å². The average Bonchev–Trinajstić information content (AvgIpc) is 2.90. The van der Waals surface area contributed by atoms with E-state index in [-0.39, 0.29) is 17.1 Å². The zero-order chi connectivity index (χ0) is 15.5. The molecule has 0 fully saturated rings. The molecule has 2 rings (SSSR count). The van der Waals surface area contributed by atoms with Gasteiger partial charge in [0.05, 0.1) is 6.21 Å². The van der Waals surface area contributed by atoms with Gasteiger partial charge in [-0.2, -0.15) is 10.2 Å². The Kier molecular flexibility index (Phi) is 4.07. The molecule has 0 unspecified atom stereocenters. The van der Waals surface area contributed by atoms with Gasteiger partial charge in [0.1, 0.15) is 5.75 Å². The number of aromatic amines is 1. The van der Waals surface area contributed by atoms with Crippen molar-refractivity contribution in [2.24, 2.45) is 5.10 Å². The van der Waals surface area contributed by atoms with Crippen LogP contribution in [0.4, 0.5) is 0 Å². The van der Waals surface area contributed by atoms with Crippen LogP contribution in [0.2, 0.25) is 0 Å². The van der Waals surface area contributed by atoms with Gasteiger partial charge >= 0.3 is 0 Å². The molecular weight excluding hydrogens is 268 g/mol. The van der Waals surface area contributed by atoms with Crippen LogP contribution in [-0.2, 0) is 5.41 Å². The van der Waals surface area contributed by atoms with E-state index in [1.54, 1.807) is 30.3 Å². The molecule has 3 N–H and O–H groups in total. The van der Waals surface area contributed by atoms with Crippen molar-refractivity contribution in [1.29, 1.82) is 0 Å². The third-order valence-electron chi connectivity index (χ3n) is 2.89. The summed E-state index contributed by atoms with van der Waals surface area (Å²) in [6.45, 7) is 6.10. The highest BCUT2D eigenvalue weighted by Crippen LogP contribution is 2.20. The van der Waals surface area contributed by atoms with Gasteiger partial charge in [-0.25, -0.2) is 5.43 Å². The molecule has 0 saturated carbocycles. The Balaban J connectivity index is 1.98. The van der Waals surface area contributed by atoms with Crippen LogP contribution in [0.15, 0.2) is 35.4 Å². The van der Waals surface area contributed by atoms with Crippen LogP contribution in [0.5, 0.6) is 5.75 Å². The monoisotopic (exact) mass is 286 g/mol. The molecule has 6 heteroatoms. The van der Waals surface area contributed by atoms with Crippen molar-refractivity contribution in [3.63, 3.8) is 0 Å². The van der Waals surface area contributed by atoms with Gasteiger partial charge in [-0.1, -0.05) is 20.8 Å². The number of aromatic nitrogens is 2. The van der Waals surface area contributed by atoms with E-state index in [4.69, 9.17) is 5.11 Å². The molecule has 110 valence electrons. The average molecular weight is 286 g/mol. The molecule has 0 aliphatic rings. The molecule has 21 heavy (non-hydrogen) atoms. The lowest BCUT2D eigenvalue weighted by molar-refractivity contribution is 0.0950. The van der Waals surface area contributed by atoms with Crippen molar-refractivity contribution < 1.29 is 9.90 Å². The van der Waals surface area contributed by atoms with E-state index in [0.717, 1.165) is 11.3 Å². The molecule has 0 atom stereocenters. The summed E-state index contributed by atoms with van der Waals surface area (Å²) >= 11 is 0. The van der Waals surface area contributed by atoms with Crippen LogP contribution in [0.3, 0.4) is 0 Å². The summed E-state index contributed by atoms with van der Waals surface area (Å²) in [5, 5.41) is 19.8. The van der Waals surface area contributed by atoms with Crippen LogP contribution >= 0.6 is 0 Å². The van der Waals surface area contributed by atoms with Crippen LogP contribution in [0.25, 0.3) is 0 Å². The number of aromatic hydroxyl groups is 1. The fourth-order valence-electron chi connectivity index (χ4n) is 1.61. The number of carbonyl (C=O) groups is 1. The van der Waals surface area contributed by atoms with Crippen molar-refractivity contribution in [2.45, 2.75) is 26.2 Å². The zero-order valence-electron chi connectivity index (χ0n) is 12.2. The summed E-state index contributed by atoms with van der Waals surface area (Å²) in [4.78, 5) is 11.9. The molecule has 0 saturated heterocycles. The topological polar surface area (TPSA) is 90.4 Å². The van der Waals surface area contributed by atoms with E-state index in [1.807, 2.05) is 20.8 Å². The standard InChI is InChI=1S/C15H18N4O2/c1-15(2,3)13-8-12(17-18-13)14(21)19-16-9-10-4-6-11(20)7-5-10/h4-9,20H,1-3H3,(H,17,18)(H,19,21). The van der Waals surface area contributed by atoms with Gasteiger partial charge in [-0.3, -0.25) is 9.89 Å². The number of carbonyl (C=O) groups excluding carboxylic acids is 1. The molecule has 6 nitrogen and oxygen atoms in total. The second-order valence-electron chi connectivity index (χ2n) is 5.71. The molecule has 1 aromatic carbocycles. The number of amides is 1. The van der Waals surface area contributed by atoms with Gasteiger partial charge in [-0.15, -0.1) is 0 Å². The Morgan fingerprint density at radius 3 is 2.57 bits per heavy atom. The Morgan fingerprint density at radius 1 is 1.33 bits per heavy atom. The fourth-order valence-corrected chi connectivity index (χ4v) is 1.61. The Morgan fingerprint density at radius 2 is 2.00 bits per heavy atom. The maximum absolute atomic E-state index is 11.9. The lowest BCUT2D eigenvalue weighted by atomic mass is 9.92. The molecule has 1 amide bonds. The Bertz CT molecular complexity index is 651. The lowest BCUT2D eigenvalue weighted by Crippen LogP contribution is -2.18. The Hall–Kier alpha value is -2.63. The first kappa shape index (κ1) is 14.8. The molecule has 1 aromatic heterocycles. The van der Waals surface area contributed by atoms with Gasteiger partial charge < -0.3 is 5.11 Å². The molecule has 0 aliphatic carbocycles. The van der Waals surface area contributed by atoms with Gasteiger partial charge in [0.15, 0.2) is 5.69 Å². The zero-order valence-corrected chi connectivity index (χ0v) is 12.2. The SMILES string of the molecule is CC(C)(C)c1cc(C(=O)NN=Cc2ccc(O)cc2)n[nH]1. The summed E-state index contributed by atoms with van der Waals surface area (Å²) in [5.74, 6) is -0.195. The van der Waals surface area contributed by atoms with Crippen molar-refractivity contribution in [2.75, 3.05) is 0 Å². The predicted molar refractivity (Wildman–Crippen MR) is 80.5 cm³/mol. The number of hydrazone groups is 1. The maximum atomic E-state index is 11.9. The van der Waals surface area contributed by atoms with Crippen LogP contribution in [0.1, 0.15) is 42.5 Å². The highest BCUT2D eigenvalue weighted by Gasteiger charge is 2.18. The van der Waals surface area contributed by atoms with Crippen LogP contribution in [-0.4, -0.2) is 27.4 Å². The quantitative estimate of drug-likeness (QED) is 0.596. The smallest absolute Gasteiger partial charge is 0.291 e. The van der Waals surface area contributed by atoms with Crippen molar-refractivity contribution in [3.05, 3.63) is 47.3 Å². The molecule has 0 radical (unpaired) electrons. The predicted octanol–water partition coefficient (Wildman–Crippen LogP) is 2.18. The first-order valence-corrected chi connectivity index (χ1v) is 6.54. The molecule has 2 aromatic rings. The van der Waals surface area contributed by atoms with E-state index < -0.39 is 0 Å². The molecule has 1 heterocycles. The molecular formula is C15H18N4O2. The summed E-state index contributed by atoms with van der Waals surface area (Å²) in [6, 6.07) is 8.19. The van der Waals surface area contributed by atoms with Crippen LogP contribution in [0, 0.1) is 0 Å². The molecule has 0 spiro atoms. The highest BCUT2D eigenvalue weighted by molar-refractivity contribution is 5.93. The second-order valence-corrected chi connectivity index (χ2v) is 5.71. The lowest BCUT2D eigenvalue weighted by Gasteiger charge is -2.14. The first-order valence-electron chi connectivity index (χ1n) is 6.54. The summed E-state index contributed by atoms with van der Waals surface area (Å²) < 4.78 is 0. The number of phenolic OH excluding ortho intramolecular Hbond substituents is 1. The van der Waals surface area contributed by atoms with Crippen molar-refractivity contribution in [3.8, 4) is 5.75 Å². The minimum atomic E-state index is -0.378. The second kappa shape index (κ2) is 5.78. The molecule has 0 aliphatic heterocycles. The van der Waals surface area contributed by atoms with E-state index in [0.29, 0.717) is 5.69 Å². The fraction of sp³-hybridized carbons (Fsp3) is 0.267. The van der Waals surface area contributed by atoms with Gasteiger partial charge in [0.2, 0.25) is 0 Å². The van der Waals surface area contributed by atoms with E-state index in [1.165, 1.54) is 6.21 Å². The number of hydrogen-bond donors (Lipinski definition) is 3.